The molecule has 0 aromatic heterocycles. The highest BCUT2D eigenvalue weighted by Crippen LogP contribution is 2.37. The van der Waals surface area contributed by atoms with Gasteiger partial charge in [-0.3, -0.25) is 4.79 Å². The zero-order chi connectivity index (χ0) is 9.42. The summed E-state index contributed by atoms with van der Waals surface area (Å²) in [5.41, 5.74) is 0. The molecule has 2 unspecified atom stereocenters. The van der Waals surface area contributed by atoms with Crippen LogP contribution in [0.3, 0.4) is 0 Å². The molecule has 2 fully saturated rings. The van der Waals surface area contributed by atoms with Crippen LogP contribution in [0.15, 0.2) is 0 Å². The molecular weight excluding hydrogens is 162 g/mol. The lowest BCUT2D eigenvalue weighted by Gasteiger charge is -2.28. The first kappa shape index (κ1) is 9.04. The second-order valence-corrected chi connectivity index (χ2v) is 4.89. The molecule has 0 radical (unpaired) electrons. The van der Waals surface area contributed by atoms with E-state index in [0.717, 1.165) is 18.9 Å². The van der Waals surface area contributed by atoms with Crippen LogP contribution in [0, 0.1) is 11.8 Å². The van der Waals surface area contributed by atoms with Crippen molar-refractivity contribution in [1.29, 1.82) is 0 Å². The average Bonchev–Trinajstić information content (AvgIpc) is 2.38. The Balaban J connectivity index is 2.09. The molecule has 2 rings (SSSR count). The van der Waals surface area contributed by atoms with Gasteiger partial charge in [0.25, 0.3) is 0 Å². The van der Waals surface area contributed by atoms with E-state index in [1.165, 1.54) is 19.3 Å². The van der Waals surface area contributed by atoms with Crippen molar-refractivity contribution in [3.63, 3.8) is 0 Å². The molecule has 2 heteroatoms. The predicted octanol–water partition coefficient (Wildman–Crippen LogP) is 2.04. The first-order chi connectivity index (χ1) is 6.16. The number of carbonyl (C=O) groups is 1. The van der Waals surface area contributed by atoms with Crippen molar-refractivity contribution >= 4 is 5.91 Å². The maximum atomic E-state index is 11.8. The molecule has 2 atom stereocenters. The van der Waals surface area contributed by atoms with Crippen LogP contribution in [0.4, 0.5) is 0 Å². The molecule has 2 nitrogen and oxygen atoms in total. The lowest BCUT2D eigenvalue weighted by molar-refractivity contribution is -0.133. The maximum absolute atomic E-state index is 11.8. The third kappa shape index (κ3) is 1.72. The summed E-state index contributed by atoms with van der Waals surface area (Å²) in [4.78, 5) is 13.8. The summed E-state index contributed by atoms with van der Waals surface area (Å²) < 4.78 is 0. The van der Waals surface area contributed by atoms with Crippen molar-refractivity contribution in [2.75, 3.05) is 6.54 Å². The number of likely N-dealkylation sites (tertiary alicyclic amines) is 1. The summed E-state index contributed by atoms with van der Waals surface area (Å²) in [5.74, 6) is 1.90. The van der Waals surface area contributed by atoms with E-state index in [2.05, 4.69) is 18.7 Å². The van der Waals surface area contributed by atoms with E-state index in [1.807, 2.05) is 0 Å². The van der Waals surface area contributed by atoms with Gasteiger partial charge >= 0.3 is 0 Å². The summed E-state index contributed by atoms with van der Waals surface area (Å²) in [5, 5.41) is 0. The summed E-state index contributed by atoms with van der Waals surface area (Å²) in [6, 6.07) is 0.395. The van der Waals surface area contributed by atoms with Crippen LogP contribution < -0.4 is 0 Å². The highest BCUT2D eigenvalue weighted by atomic mass is 16.2. The van der Waals surface area contributed by atoms with Gasteiger partial charge in [-0.25, -0.2) is 0 Å². The van der Waals surface area contributed by atoms with Crippen molar-refractivity contribution in [3.8, 4) is 0 Å². The molecule has 13 heavy (non-hydrogen) atoms. The van der Waals surface area contributed by atoms with Gasteiger partial charge in [0.1, 0.15) is 0 Å². The van der Waals surface area contributed by atoms with Gasteiger partial charge in [-0.2, -0.15) is 0 Å². The van der Waals surface area contributed by atoms with E-state index in [0.29, 0.717) is 17.9 Å². The Morgan fingerprint density at radius 2 is 2.00 bits per heavy atom. The molecule has 1 amide bonds. The van der Waals surface area contributed by atoms with Crippen LogP contribution in [-0.2, 0) is 4.79 Å². The zero-order valence-electron chi connectivity index (χ0n) is 8.62. The van der Waals surface area contributed by atoms with Crippen LogP contribution in [0.2, 0.25) is 0 Å². The first-order valence-electron chi connectivity index (χ1n) is 5.46. The molecule has 1 aliphatic carbocycles. The largest absolute Gasteiger partial charge is 0.340 e. The van der Waals surface area contributed by atoms with Gasteiger partial charge in [-0.05, 0) is 44.9 Å². The monoisotopic (exact) mass is 181 g/mol. The normalized spacial score (nSPS) is 34.1. The second kappa shape index (κ2) is 3.32. The van der Waals surface area contributed by atoms with E-state index in [-0.39, 0.29) is 0 Å². The molecule has 74 valence electrons. The number of amides is 1. The predicted molar refractivity (Wildman–Crippen MR) is 52.3 cm³/mol. The third-order valence-corrected chi connectivity index (χ3v) is 3.51. The van der Waals surface area contributed by atoms with Crippen LogP contribution in [0.1, 0.15) is 39.5 Å². The van der Waals surface area contributed by atoms with Gasteiger partial charge in [0.2, 0.25) is 5.91 Å². The van der Waals surface area contributed by atoms with Gasteiger partial charge in [-0.15, -0.1) is 0 Å². The fourth-order valence-electron chi connectivity index (χ4n) is 2.77. The second-order valence-electron chi connectivity index (χ2n) is 4.89. The van der Waals surface area contributed by atoms with E-state index < -0.39 is 0 Å². The summed E-state index contributed by atoms with van der Waals surface area (Å²) in [7, 11) is 0. The van der Waals surface area contributed by atoms with Gasteiger partial charge in [0.05, 0.1) is 0 Å². The smallest absolute Gasteiger partial charge is 0.223 e. The van der Waals surface area contributed by atoms with Crippen molar-refractivity contribution in [1.82, 2.24) is 4.90 Å². The minimum atomic E-state index is 0.391. The molecule has 1 heterocycles. The lowest BCUT2D eigenvalue weighted by Crippen LogP contribution is -2.39. The molecule has 2 bridgehead atoms. The van der Waals surface area contributed by atoms with Crippen molar-refractivity contribution in [3.05, 3.63) is 0 Å². The van der Waals surface area contributed by atoms with E-state index in [1.54, 1.807) is 0 Å². The highest BCUT2D eigenvalue weighted by molar-refractivity contribution is 5.77. The molecule has 0 aromatic rings. The van der Waals surface area contributed by atoms with Gasteiger partial charge in [0.15, 0.2) is 0 Å². The first-order valence-corrected chi connectivity index (χ1v) is 5.46. The van der Waals surface area contributed by atoms with Crippen LogP contribution in [0.5, 0.6) is 0 Å². The highest BCUT2D eigenvalue weighted by Gasteiger charge is 2.34. The van der Waals surface area contributed by atoms with Crippen LogP contribution >= 0.6 is 0 Å². The Hall–Kier alpha value is -0.530. The Morgan fingerprint density at radius 1 is 1.31 bits per heavy atom. The maximum Gasteiger partial charge on any atom is 0.223 e. The molecule has 1 aliphatic heterocycles. The number of fused-ring (bicyclic) bond motifs is 2. The number of carbonyl (C=O) groups excluding carboxylic acids is 1. The Bertz CT molecular complexity index is 212. The molecule has 2 aliphatic rings. The van der Waals surface area contributed by atoms with Crippen molar-refractivity contribution in [2.24, 2.45) is 11.8 Å². The summed E-state index contributed by atoms with van der Waals surface area (Å²) >= 11 is 0. The van der Waals surface area contributed by atoms with Crippen LogP contribution in [-0.4, -0.2) is 23.4 Å². The van der Waals surface area contributed by atoms with E-state index in [4.69, 9.17) is 0 Å². The van der Waals surface area contributed by atoms with Crippen LogP contribution in [0.25, 0.3) is 0 Å². The number of nitrogens with zero attached hydrogens (tertiary/aromatic N) is 1. The molecule has 0 aromatic carbocycles. The molecule has 0 spiro atoms. The molecular formula is C11H19NO. The minimum Gasteiger partial charge on any atom is -0.340 e. The lowest BCUT2D eigenvalue weighted by atomic mass is 10.0. The Kier molecular flexibility index (Phi) is 2.31. The zero-order valence-corrected chi connectivity index (χ0v) is 8.62. The van der Waals surface area contributed by atoms with Gasteiger partial charge < -0.3 is 4.90 Å². The number of rotatable bonds is 1. The Labute approximate surface area is 80.3 Å². The van der Waals surface area contributed by atoms with E-state index in [9.17, 15) is 4.79 Å². The third-order valence-electron chi connectivity index (χ3n) is 3.51. The topological polar surface area (TPSA) is 20.3 Å². The summed E-state index contributed by atoms with van der Waals surface area (Å²) in [6.45, 7) is 5.26. The number of hydrogen-bond acceptors (Lipinski definition) is 1. The molecule has 1 saturated carbocycles. The van der Waals surface area contributed by atoms with E-state index >= 15 is 0 Å². The van der Waals surface area contributed by atoms with Crippen molar-refractivity contribution < 1.29 is 4.79 Å². The average molecular weight is 181 g/mol. The minimum absolute atomic E-state index is 0.391. The number of hydrogen-bond donors (Lipinski definition) is 0. The van der Waals surface area contributed by atoms with Crippen molar-refractivity contribution in [2.45, 2.75) is 45.6 Å². The summed E-state index contributed by atoms with van der Waals surface area (Å²) in [6.07, 6.45) is 4.76. The molecule has 0 N–H and O–H groups in total. The molecule has 1 saturated heterocycles. The van der Waals surface area contributed by atoms with Gasteiger partial charge in [-0.1, -0.05) is 0 Å². The fraction of sp³-hybridized carbons (Fsp3) is 0.909. The fourth-order valence-corrected chi connectivity index (χ4v) is 2.77. The SMILES string of the molecule is CC(C)N1CC2CCC(CC1=O)C2. The quantitative estimate of drug-likeness (QED) is 0.606. The van der Waals surface area contributed by atoms with Gasteiger partial charge in [0, 0.05) is 19.0 Å². The Morgan fingerprint density at radius 3 is 2.69 bits per heavy atom. The standard InChI is InChI=1S/C11H19NO/c1-8(2)12-7-10-4-3-9(5-10)6-11(12)13/h8-10H,3-7H2,1-2H3.